The number of nitrogens with zero attached hydrogens (tertiary/aromatic N) is 2. The molecule has 6 nitrogen and oxygen atoms in total. The van der Waals surface area contributed by atoms with Gasteiger partial charge >= 0.3 is 0 Å². The van der Waals surface area contributed by atoms with Crippen LogP contribution < -0.4 is 16.0 Å². The summed E-state index contributed by atoms with van der Waals surface area (Å²) in [6.45, 7) is 3.24. The van der Waals surface area contributed by atoms with E-state index in [1.807, 2.05) is 18.3 Å². The maximum Gasteiger partial charge on any atom is 0.224 e. The number of ether oxygens (including phenoxy) is 1. The quantitative estimate of drug-likeness (QED) is 0.882. The maximum atomic E-state index is 12.5. The number of rotatable bonds is 4. The molecule has 1 aromatic heterocycles. The number of nitrogens with two attached hydrogens (primary N) is 1. The fraction of sp³-hybridized carbons (Fsp3) is 0.500. The van der Waals surface area contributed by atoms with Gasteiger partial charge in [0.15, 0.2) is 0 Å². The van der Waals surface area contributed by atoms with Crippen LogP contribution in [-0.4, -0.2) is 43.2 Å². The number of amides is 1. The van der Waals surface area contributed by atoms with Crippen molar-refractivity contribution in [1.82, 2.24) is 4.98 Å². The molecule has 1 aliphatic carbocycles. The number of morpholine rings is 1. The molecule has 2 aromatic rings. The SMILES string of the molecule is N[C@@H]1CCC[C@H]1CC(=O)Nc1ccc(N2CCOCC2)c2ccncc12. The molecule has 3 N–H and O–H groups in total. The van der Waals surface area contributed by atoms with E-state index in [-0.39, 0.29) is 11.9 Å². The van der Waals surface area contributed by atoms with E-state index in [1.165, 1.54) is 5.69 Å². The van der Waals surface area contributed by atoms with Gasteiger partial charge in [0.25, 0.3) is 0 Å². The van der Waals surface area contributed by atoms with Gasteiger partial charge in [-0.15, -0.1) is 0 Å². The van der Waals surface area contributed by atoms with Crippen molar-refractivity contribution < 1.29 is 9.53 Å². The van der Waals surface area contributed by atoms with Crippen LogP contribution in [0, 0.1) is 5.92 Å². The van der Waals surface area contributed by atoms with Crippen molar-refractivity contribution in [1.29, 1.82) is 0 Å². The van der Waals surface area contributed by atoms with Crippen molar-refractivity contribution in [3.8, 4) is 0 Å². The van der Waals surface area contributed by atoms with Crippen LogP contribution in [0.4, 0.5) is 11.4 Å². The normalized spacial score (nSPS) is 23.3. The molecule has 2 fully saturated rings. The Morgan fingerprint density at radius 3 is 2.85 bits per heavy atom. The van der Waals surface area contributed by atoms with Crippen molar-refractivity contribution in [2.75, 3.05) is 36.5 Å². The van der Waals surface area contributed by atoms with Gasteiger partial charge in [-0.2, -0.15) is 0 Å². The van der Waals surface area contributed by atoms with Crippen LogP contribution in [-0.2, 0) is 9.53 Å². The lowest BCUT2D eigenvalue weighted by molar-refractivity contribution is -0.117. The molecule has 6 heteroatoms. The molecule has 0 radical (unpaired) electrons. The van der Waals surface area contributed by atoms with E-state index < -0.39 is 0 Å². The summed E-state index contributed by atoms with van der Waals surface area (Å²) in [6.07, 6.45) is 7.33. The standard InChI is InChI=1S/C20H26N4O2/c21-17-3-1-2-14(17)12-20(25)23-18-4-5-19(24-8-10-26-11-9-24)15-6-7-22-13-16(15)18/h4-7,13-14,17H,1-3,8-12,21H2,(H,23,25)/t14-,17+/m0/s1. The highest BCUT2D eigenvalue weighted by Crippen LogP contribution is 2.33. The van der Waals surface area contributed by atoms with Crippen LogP contribution in [0.3, 0.4) is 0 Å². The number of carbonyl (C=O) groups is 1. The second-order valence-corrected chi connectivity index (χ2v) is 7.26. The number of hydrogen-bond acceptors (Lipinski definition) is 5. The first-order valence-electron chi connectivity index (χ1n) is 9.47. The van der Waals surface area contributed by atoms with Gasteiger partial charge in [-0.25, -0.2) is 0 Å². The van der Waals surface area contributed by atoms with E-state index >= 15 is 0 Å². The van der Waals surface area contributed by atoms with Gasteiger partial charge in [-0.3, -0.25) is 9.78 Å². The van der Waals surface area contributed by atoms with E-state index in [2.05, 4.69) is 21.3 Å². The zero-order valence-corrected chi connectivity index (χ0v) is 15.0. The Balaban J connectivity index is 1.57. The number of benzene rings is 1. The van der Waals surface area contributed by atoms with Crippen molar-refractivity contribution in [2.24, 2.45) is 11.7 Å². The Bertz CT molecular complexity index is 788. The van der Waals surface area contributed by atoms with Crippen molar-refractivity contribution in [2.45, 2.75) is 31.7 Å². The zero-order chi connectivity index (χ0) is 17.9. The summed E-state index contributed by atoms with van der Waals surface area (Å²) in [5, 5.41) is 5.17. The molecule has 1 saturated heterocycles. The van der Waals surface area contributed by atoms with E-state index in [4.69, 9.17) is 10.5 Å². The maximum absolute atomic E-state index is 12.5. The predicted octanol–water partition coefficient (Wildman–Crippen LogP) is 2.53. The molecule has 26 heavy (non-hydrogen) atoms. The highest BCUT2D eigenvalue weighted by Gasteiger charge is 2.26. The molecule has 138 valence electrons. The van der Waals surface area contributed by atoms with E-state index in [0.717, 1.165) is 62.0 Å². The first kappa shape index (κ1) is 17.2. The first-order valence-corrected chi connectivity index (χ1v) is 9.47. The average molecular weight is 354 g/mol. The number of anilines is 2. The molecule has 0 unspecified atom stereocenters. The number of fused-ring (bicyclic) bond motifs is 1. The van der Waals surface area contributed by atoms with Gasteiger partial charge in [0, 0.05) is 54.4 Å². The van der Waals surface area contributed by atoms with Gasteiger partial charge in [-0.1, -0.05) is 6.42 Å². The molecule has 1 aromatic carbocycles. The Kier molecular flexibility index (Phi) is 5.04. The topological polar surface area (TPSA) is 80.5 Å². The van der Waals surface area contributed by atoms with Crippen LogP contribution in [0.2, 0.25) is 0 Å². The number of pyridine rings is 1. The van der Waals surface area contributed by atoms with E-state index in [0.29, 0.717) is 12.3 Å². The number of nitrogens with one attached hydrogen (secondary N) is 1. The summed E-state index contributed by atoms with van der Waals surface area (Å²) in [7, 11) is 0. The first-order chi connectivity index (χ1) is 12.7. The van der Waals surface area contributed by atoms with Gasteiger partial charge in [-0.05, 0) is 37.0 Å². The average Bonchev–Trinajstić information content (AvgIpc) is 3.07. The van der Waals surface area contributed by atoms with E-state index in [1.54, 1.807) is 6.20 Å². The minimum absolute atomic E-state index is 0.0385. The molecule has 0 spiro atoms. The second-order valence-electron chi connectivity index (χ2n) is 7.26. The lowest BCUT2D eigenvalue weighted by Gasteiger charge is -2.30. The Morgan fingerprint density at radius 1 is 1.23 bits per heavy atom. The minimum Gasteiger partial charge on any atom is -0.378 e. The highest BCUT2D eigenvalue weighted by molar-refractivity contribution is 6.06. The third-order valence-corrected chi connectivity index (χ3v) is 5.59. The van der Waals surface area contributed by atoms with E-state index in [9.17, 15) is 4.79 Å². The Labute approximate surface area is 153 Å². The van der Waals surface area contributed by atoms with Crippen molar-refractivity contribution in [3.63, 3.8) is 0 Å². The predicted molar refractivity (Wildman–Crippen MR) is 103 cm³/mol. The fourth-order valence-corrected chi connectivity index (χ4v) is 4.12. The Morgan fingerprint density at radius 2 is 2.08 bits per heavy atom. The third kappa shape index (κ3) is 3.52. The largest absolute Gasteiger partial charge is 0.378 e. The monoisotopic (exact) mass is 354 g/mol. The molecule has 2 atom stereocenters. The summed E-state index contributed by atoms with van der Waals surface area (Å²) in [6, 6.07) is 6.25. The lowest BCUT2D eigenvalue weighted by atomic mass is 9.99. The van der Waals surface area contributed by atoms with Crippen LogP contribution in [0.1, 0.15) is 25.7 Å². The summed E-state index contributed by atoms with van der Waals surface area (Å²) < 4.78 is 5.46. The number of aromatic nitrogens is 1. The van der Waals surface area contributed by atoms with Gasteiger partial charge in [0.2, 0.25) is 5.91 Å². The summed E-state index contributed by atoms with van der Waals surface area (Å²) in [5.41, 5.74) is 8.10. The van der Waals surface area contributed by atoms with Crippen LogP contribution in [0.5, 0.6) is 0 Å². The lowest BCUT2D eigenvalue weighted by Crippen LogP contribution is -2.36. The van der Waals surface area contributed by atoms with Gasteiger partial charge in [0.1, 0.15) is 0 Å². The molecule has 1 aliphatic heterocycles. The molecule has 4 rings (SSSR count). The molecule has 1 amide bonds. The highest BCUT2D eigenvalue weighted by atomic mass is 16.5. The number of hydrogen-bond donors (Lipinski definition) is 2. The van der Waals surface area contributed by atoms with Gasteiger partial charge < -0.3 is 20.7 Å². The number of carbonyl (C=O) groups excluding carboxylic acids is 1. The molecule has 2 aliphatic rings. The smallest absolute Gasteiger partial charge is 0.224 e. The molecule has 2 heterocycles. The summed E-state index contributed by atoms with van der Waals surface area (Å²) >= 11 is 0. The molecule has 1 saturated carbocycles. The third-order valence-electron chi connectivity index (χ3n) is 5.59. The molecular weight excluding hydrogens is 328 g/mol. The minimum atomic E-state index is 0.0385. The zero-order valence-electron chi connectivity index (χ0n) is 15.0. The van der Waals surface area contributed by atoms with Crippen molar-refractivity contribution in [3.05, 3.63) is 30.6 Å². The van der Waals surface area contributed by atoms with Crippen LogP contribution in [0.15, 0.2) is 30.6 Å². The second kappa shape index (κ2) is 7.60. The van der Waals surface area contributed by atoms with Crippen LogP contribution >= 0.6 is 0 Å². The van der Waals surface area contributed by atoms with Gasteiger partial charge in [0.05, 0.1) is 18.9 Å². The summed E-state index contributed by atoms with van der Waals surface area (Å²) in [4.78, 5) is 19.1. The molecular formula is C20H26N4O2. The van der Waals surface area contributed by atoms with Crippen LogP contribution in [0.25, 0.3) is 10.8 Å². The van der Waals surface area contributed by atoms with Crippen molar-refractivity contribution >= 4 is 28.1 Å². The fourth-order valence-electron chi connectivity index (χ4n) is 4.12. The Hall–Kier alpha value is -2.18. The molecule has 0 bridgehead atoms. The summed E-state index contributed by atoms with van der Waals surface area (Å²) in [5.74, 6) is 0.337.